The Balaban J connectivity index is 2.62. The second-order valence-corrected chi connectivity index (χ2v) is 4.85. The van der Waals surface area contributed by atoms with Gasteiger partial charge in [0.05, 0.1) is 17.3 Å². The van der Waals surface area contributed by atoms with Gasteiger partial charge in [0.15, 0.2) is 0 Å². The van der Waals surface area contributed by atoms with Crippen LogP contribution >= 0.6 is 11.6 Å². The van der Waals surface area contributed by atoms with Gasteiger partial charge < -0.3 is 0 Å². The van der Waals surface area contributed by atoms with Crippen molar-refractivity contribution in [2.45, 2.75) is 26.7 Å². The third-order valence-corrected chi connectivity index (χ3v) is 3.27. The molecule has 0 aliphatic heterocycles. The Kier molecular flexibility index (Phi) is 4.31. The van der Waals surface area contributed by atoms with E-state index in [0.29, 0.717) is 34.2 Å². The number of rotatable bonds is 3. The first-order chi connectivity index (χ1) is 9.55. The highest BCUT2D eigenvalue weighted by atomic mass is 35.5. The van der Waals surface area contributed by atoms with E-state index >= 15 is 0 Å². The first-order valence-electron chi connectivity index (χ1n) is 6.29. The highest BCUT2D eigenvalue weighted by Crippen LogP contribution is 2.27. The van der Waals surface area contributed by atoms with Gasteiger partial charge in [-0.1, -0.05) is 18.5 Å². The Morgan fingerprint density at radius 3 is 2.70 bits per heavy atom. The SMILES string of the molecule is CCCc1nc(Cl)c(C)c(-c2cc(F)cc(C#N)c2)n1. The second-order valence-electron chi connectivity index (χ2n) is 4.49. The topological polar surface area (TPSA) is 49.6 Å². The molecule has 0 spiro atoms. The van der Waals surface area contributed by atoms with Crippen LogP contribution in [-0.2, 0) is 6.42 Å². The molecule has 2 aromatic rings. The minimum atomic E-state index is -0.467. The van der Waals surface area contributed by atoms with Crippen LogP contribution in [0.1, 0.15) is 30.3 Å². The number of nitrogens with zero attached hydrogens (tertiary/aromatic N) is 3. The van der Waals surface area contributed by atoms with E-state index in [0.717, 1.165) is 6.42 Å². The lowest BCUT2D eigenvalue weighted by Crippen LogP contribution is -2.01. The van der Waals surface area contributed by atoms with Crippen molar-refractivity contribution in [3.05, 3.63) is 46.1 Å². The van der Waals surface area contributed by atoms with Gasteiger partial charge in [-0.05, 0) is 31.5 Å². The normalized spacial score (nSPS) is 10.3. The molecule has 3 nitrogen and oxygen atoms in total. The van der Waals surface area contributed by atoms with E-state index in [9.17, 15) is 4.39 Å². The molecule has 0 atom stereocenters. The lowest BCUT2D eigenvalue weighted by Gasteiger charge is -2.09. The molecule has 5 heteroatoms. The molecule has 2 rings (SSSR count). The van der Waals surface area contributed by atoms with Crippen LogP contribution in [0.3, 0.4) is 0 Å². The maximum Gasteiger partial charge on any atom is 0.136 e. The molecule has 0 unspecified atom stereocenters. The van der Waals surface area contributed by atoms with Crippen LogP contribution in [0, 0.1) is 24.1 Å². The van der Waals surface area contributed by atoms with Crippen LogP contribution in [0.2, 0.25) is 5.15 Å². The molecule has 0 saturated heterocycles. The number of aryl methyl sites for hydroxylation is 1. The van der Waals surface area contributed by atoms with Gasteiger partial charge in [-0.3, -0.25) is 0 Å². The summed E-state index contributed by atoms with van der Waals surface area (Å²) in [5.74, 6) is 0.158. The lowest BCUT2D eigenvalue weighted by atomic mass is 10.0. The maximum absolute atomic E-state index is 13.6. The van der Waals surface area contributed by atoms with Crippen LogP contribution < -0.4 is 0 Å². The minimum absolute atomic E-state index is 0.256. The summed E-state index contributed by atoms with van der Waals surface area (Å²) in [7, 11) is 0. The van der Waals surface area contributed by atoms with Gasteiger partial charge in [0.1, 0.15) is 16.8 Å². The van der Waals surface area contributed by atoms with E-state index in [1.807, 2.05) is 13.0 Å². The summed E-state index contributed by atoms with van der Waals surface area (Å²) in [5.41, 5.74) is 2.05. The van der Waals surface area contributed by atoms with Crippen LogP contribution in [-0.4, -0.2) is 9.97 Å². The molecule has 1 heterocycles. The van der Waals surface area contributed by atoms with Crippen molar-refractivity contribution in [1.82, 2.24) is 9.97 Å². The Bertz CT molecular complexity index is 692. The van der Waals surface area contributed by atoms with Crippen LogP contribution in [0.5, 0.6) is 0 Å². The van der Waals surface area contributed by atoms with Gasteiger partial charge >= 0.3 is 0 Å². The molecule has 1 aromatic heterocycles. The Morgan fingerprint density at radius 1 is 1.30 bits per heavy atom. The summed E-state index contributed by atoms with van der Waals surface area (Å²) in [6.45, 7) is 3.80. The Morgan fingerprint density at radius 2 is 2.05 bits per heavy atom. The molecule has 102 valence electrons. The van der Waals surface area contributed by atoms with Gasteiger partial charge in [-0.25, -0.2) is 14.4 Å². The minimum Gasteiger partial charge on any atom is -0.233 e. The van der Waals surface area contributed by atoms with E-state index in [2.05, 4.69) is 9.97 Å². The van der Waals surface area contributed by atoms with E-state index in [1.54, 1.807) is 13.0 Å². The quantitative estimate of drug-likeness (QED) is 0.800. The number of benzene rings is 1. The summed E-state index contributed by atoms with van der Waals surface area (Å²) >= 11 is 6.11. The van der Waals surface area contributed by atoms with Crippen molar-refractivity contribution in [3.63, 3.8) is 0 Å². The average Bonchev–Trinajstić information content (AvgIpc) is 2.42. The fraction of sp³-hybridized carbons (Fsp3) is 0.267. The molecule has 0 aliphatic rings. The summed E-state index contributed by atoms with van der Waals surface area (Å²) in [4.78, 5) is 8.65. The largest absolute Gasteiger partial charge is 0.233 e. The molecule has 0 fully saturated rings. The van der Waals surface area contributed by atoms with Gasteiger partial charge in [0, 0.05) is 17.5 Å². The number of nitriles is 1. The van der Waals surface area contributed by atoms with E-state index in [4.69, 9.17) is 16.9 Å². The fourth-order valence-electron chi connectivity index (χ4n) is 1.94. The molecule has 1 aromatic carbocycles. The van der Waals surface area contributed by atoms with Crippen LogP contribution in [0.4, 0.5) is 4.39 Å². The fourth-order valence-corrected chi connectivity index (χ4v) is 2.13. The van der Waals surface area contributed by atoms with Crippen molar-refractivity contribution in [3.8, 4) is 17.3 Å². The maximum atomic E-state index is 13.6. The monoisotopic (exact) mass is 289 g/mol. The van der Waals surface area contributed by atoms with Crippen LogP contribution in [0.15, 0.2) is 18.2 Å². The Labute approximate surface area is 122 Å². The molecule has 0 bridgehead atoms. The number of halogens is 2. The third-order valence-electron chi connectivity index (χ3n) is 2.91. The van der Waals surface area contributed by atoms with Gasteiger partial charge in [-0.2, -0.15) is 5.26 Å². The number of hydrogen-bond acceptors (Lipinski definition) is 3. The second kappa shape index (κ2) is 5.98. The Hall–Kier alpha value is -1.99. The summed E-state index contributed by atoms with van der Waals surface area (Å²) < 4.78 is 13.6. The number of hydrogen-bond donors (Lipinski definition) is 0. The predicted molar refractivity (Wildman–Crippen MR) is 75.9 cm³/mol. The first-order valence-corrected chi connectivity index (χ1v) is 6.67. The summed E-state index contributed by atoms with van der Waals surface area (Å²) in [5, 5.41) is 9.28. The summed E-state index contributed by atoms with van der Waals surface area (Å²) in [6, 6.07) is 6.08. The summed E-state index contributed by atoms with van der Waals surface area (Å²) in [6.07, 6.45) is 1.60. The van der Waals surface area contributed by atoms with E-state index in [1.165, 1.54) is 12.1 Å². The molecule has 0 radical (unpaired) electrons. The van der Waals surface area contributed by atoms with Gasteiger partial charge in [0.25, 0.3) is 0 Å². The standard InChI is InChI=1S/C15H13ClFN3/c1-3-4-13-19-14(9(2)15(16)20-13)11-5-10(8-18)6-12(17)7-11/h5-7H,3-4H2,1-2H3. The smallest absolute Gasteiger partial charge is 0.136 e. The zero-order valence-electron chi connectivity index (χ0n) is 11.2. The average molecular weight is 290 g/mol. The highest BCUT2D eigenvalue weighted by Gasteiger charge is 2.12. The molecule has 0 aliphatic carbocycles. The molecule has 0 N–H and O–H groups in total. The van der Waals surface area contributed by atoms with Gasteiger partial charge in [0.2, 0.25) is 0 Å². The molecule has 0 amide bonds. The van der Waals surface area contributed by atoms with Gasteiger partial charge in [-0.15, -0.1) is 0 Å². The predicted octanol–water partition coefficient (Wildman–Crippen LogP) is 4.07. The molecule has 0 saturated carbocycles. The zero-order chi connectivity index (χ0) is 14.7. The number of aromatic nitrogens is 2. The van der Waals surface area contributed by atoms with E-state index < -0.39 is 5.82 Å². The van der Waals surface area contributed by atoms with Crippen molar-refractivity contribution in [2.75, 3.05) is 0 Å². The third kappa shape index (κ3) is 2.94. The molecular formula is C15H13ClFN3. The van der Waals surface area contributed by atoms with Crippen molar-refractivity contribution in [2.24, 2.45) is 0 Å². The zero-order valence-corrected chi connectivity index (χ0v) is 12.0. The van der Waals surface area contributed by atoms with Crippen molar-refractivity contribution >= 4 is 11.6 Å². The van der Waals surface area contributed by atoms with Crippen LogP contribution in [0.25, 0.3) is 11.3 Å². The van der Waals surface area contributed by atoms with Crippen molar-refractivity contribution < 1.29 is 4.39 Å². The molecule has 20 heavy (non-hydrogen) atoms. The van der Waals surface area contributed by atoms with E-state index in [-0.39, 0.29) is 5.56 Å². The lowest BCUT2D eigenvalue weighted by molar-refractivity contribution is 0.627. The highest BCUT2D eigenvalue weighted by molar-refractivity contribution is 6.30. The first kappa shape index (κ1) is 14.4. The van der Waals surface area contributed by atoms with Crippen molar-refractivity contribution in [1.29, 1.82) is 5.26 Å². The molecular weight excluding hydrogens is 277 g/mol.